The fraction of sp³-hybridized carbons (Fsp3) is 0.429. The SMILES string of the molecule is COc1ccc(CCCC(=O)N[C@H](C)C(=O)O)cc1. The first-order chi connectivity index (χ1) is 9.02. The van der Waals surface area contributed by atoms with E-state index in [-0.39, 0.29) is 5.91 Å². The average Bonchev–Trinajstić information content (AvgIpc) is 2.39. The van der Waals surface area contributed by atoms with Gasteiger partial charge in [0, 0.05) is 6.42 Å². The summed E-state index contributed by atoms with van der Waals surface area (Å²) >= 11 is 0. The standard InChI is InChI=1S/C14H19NO4/c1-10(14(17)18)15-13(16)5-3-4-11-6-8-12(19-2)9-7-11/h6-10H,3-5H2,1-2H3,(H,15,16)(H,17,18)/t10-/m1/s1. The summed E-state index contributed by atoms with van der Waals surface area (Å²) in [6.45, 7) is 1.45. The lowest BCUT2D eigenvalue weighted by Crippen LogP contribution is -2.38. The van der Waals surface area contributed by atoms with E-state index in [9.17, 15) is 9.59 Å². The molecule has 5 heteroatoms. The minimum Gasteiger partial charge on any atom is -0.497 e. The second kappa shape index (κ2) is 7.41. The topological polar surface area (TPSA) is 75.6 Å². The predicted molar refractivity (Wildman–Crippen MR) is 71.2 cm³/mol. The number of amides is 1. The Bertz CT molecular complexity index is 428. The number of hydrogen-bond donors (Lipinski definition) is 2. The van der Waals surface area contributed by atoms with E-state index in [0.717, 1.165) is 17.7 Å². The van der Waals surface area contributed by atoms with Crippen molar-refractivity contribution in [1.29, 1.82) is 0 Å². The summed E-state index contributed by atoms with van der Waals surface area (Å²) in [5, 5.41) is 11.1. The summed E-state index contributed by atoms with van der Waals surface area (Å²) < 4.78 is 5.06. The highest BCUT2D eigenvalue weighted by Crippen LogP contribution is 2.13. The van der Waals surface area contributed by atoms with Crippen LogP contribution in [-0.4, -0.2) is 30.1 Å². The highest BCUT2D eigenvalue weighted by Gasteiger charge is 2.13. The van der Waals surface area contributed by atoms with Crippen molar-refractivity contribution in [1.82, 2.24) is 5.32 Å². The summed E-state index contributed by atoms with van der Waals surface area (Å²) in [4.78, 5) is 22.0. The molecular weight excluding hydrogens is 246 g/mol. The minimum atomic E-state index is -1.02. The lowest BCUT2D eigenvalue weighted by molar-refractivity contribution is -0.141. The number of methoxy groups -OCH3 is 1. The van der Waals surface area contributed by atoms with Crippen LogP contribution in [0.5, 0.6) is 5.75 Å². The lowest BCUT2D eigenvalue weighted by Gasteiger charge is -2.09. The molecule has 0 aromatic heterocycles. The van der Waals surface area contributed by atoms with Crippen LogP contribution in [0.25, 0.3) is 0 Å². The van der Waals surface area contributed by atoms with E-state index in [2.05, 4.69) is 5.32 Å². The van der Waals surface area contributed by atoms with Gasteiger partial charge in [0.25, 0.3) is 0 Å². The van der Waals surface area contributed by atoms with Crippen LogP contribution in [0.3, 0.4) is 0 Å². The molecule has 1 aromatic rings. The number of carbonyl (C=O) groups excluding carboxylic acids is 1. The minimum absolute atomic E-state index is 0.233. The van der Waals surface area contributed by atoms with Gasteiger partial charge in [-0.3, -0.25) is 9.59 Å². The number of aryl methyl sites for hydroxylation is 1. The van der Waals surface area contributed by atoms with E-state index in [4.69, 9.17) is 9.84 Å². The third kappa shape index (κ3) is 5.42. The molecule has 1 rings (SSSR count). The highest BCUT2D eigenvalue weighted by atomic mass is 16.5. The molecule has 0 fully saturated rings. The zero-order valence-corrected chi connectivity index (χ0v) is 11.2. The predicted octanol–water partition coefficient (Wildman–Crippen LogP) is 1.61. The molecule has 0 aliphatic heterocycles. The lowest BCUT2D eigenvalue weighted by atomic mass is 10.1. The van der Waals surface area contributed by atoms with Crippen molar-refractivity contribution in [2.45, 2.75) is 32.2 Å². The van der Waals surface area contributed by atoms with Gasteiger partial charge in [0.05, 0.1) is 7.11 Å². The summed E-state index contributed by atoms with van der Waals surface area (Å²) in [5.74, 6) is -0.455. The average molecular weight is 265 g/mol. The van der Waals surface area contributed by atoms with Crippen LogP contribution in [0.4, 0.5) is 0 Å². The molecule has 1 amide bonds. The molecule has 5 nitrogen and oxygen atoms in total. The third-order valence-corrected chi connectivity index (χ3v) is 2.78. The van der Waals surface area contributed by atoms with Crippen LogP contribution >= 0.6 is 0 Å². The van der Waals surface area contributed by atoms with Gasteiger partial charge in [0.2, 0.25) is 5.91 Å². The van der Waals surface area contributed by atoms with Crippen LogP contribution in [0.2, 0.25) is 0 Å². The van der Waals surface area contributed by atoms with Gasteiger partial charge in [-0.1, -0.05) is 12.1 Å². The fourth-order valence-electron chi connectivity index (χ4n) is 1.62. The van der Waals surface area contributed by atoms with Crippen molar-refractivity contribution in [3.8, 4) is 5.75 Å². The summed E-state index contributed by atoms with van der Waals surface area (Å²) in [5.41, 5.74) is 1.12. The summed E-state index contributed by atoms with van der Waals surface area (Å²) in [7, 11) is 1.61. The van der Waals surface area contributed by atoms with Gasteiger partial charge in [-0.05, 0) is 37.5 Å². The highest BCUT2D eigenvalue weighted by molar-refractivity contribution is 5.83. The second-order valence-electron chi connectivity index (χ2n) is 4.33. The van der Waals surface area contributed by atoms with E-state index in [0.29, 0.717) is 12.8 Å². The molecule has 0 aliphatic carbocycles. The molecule has 0 heterocycles. The van der Waals surface area contributed by atoms with Crippen LogP contribution < -0.4 is 10.1 Å². The normalized spacial score (nSPS) is 11.7. The molecule has 19 heavy (non-hydrogen) atoms. The van der Waals surface area contributed by atoms with Gasteiger partial charge < -0.3 is 15.2 Å². The first kappa shape index (κ1) is 15.0. The molecule has 0 unspecified atom stereocenters. The number of carboxylic acids is 1. The van der Waals surface area contributed by atoms with Crippen LogP contribution in [-0.2, 0) is 16.0 Å². The van der Waals surface area contributed by atoms with Crippen LogP contribution in [0.1, 0.15) is 25.3 Å². The Kier molecular flexibility index (Phi) is 5.85. The van der Waals surface area contributed by atoms with Crippen molar-refractivity contribution >= 4 is 11.9 Å². The van der Waals surface area contributed by atoms with Crippen molar-refractivity contribution in [3.05, 3.63) is 29.8 Å². The van der Waals surface area contributed by atoms with E-state index in [1.807, 2.05) is 24.3 Å². The molecular formula is C14H19NO4. The first-order valence-electron chi connectivity index (χ1n) is 6.18. The number of nitrogens with one attached hydrogen (secondary N) is 1. The van der Waals surface area contributed by atoms with Gasteiger partial charge in [0.15, 0.2) is 0 Å². The third-order valence-electron chi connectivity index (χ3n) is 2.78. The number of rotatable bonds is 7. The van der Waals surface area contributed by atoms with Crippen molar-refractivity contribution in [2.24, 2.45) is 0 Å². The molecule has 1 atom stereocenters. The van der Waals surface area contributed by atoms with Gasteiger partial charge in [0.1, 0.15) is 11.8 Å². The molecule has 0 aliphatic rings. The number of carboxylic acid groups (broad SMARTS) is 1. The fourth-order valence-corrected chi connectivity index (χ4v) is 1.62. The number of hydrogen-bond acceptors (Lipinski definition) is 3. The maximum atomic E-state index is 11.5. The van der Waals surface area contributed by atoms with E-state index in [1.165, 1.54) is 6.92 Å². The number of aliphatic carboxylic acids is 1. The first-order valence-corrected chi connectivity index (χ1v) is 6.18. The Balaban J connectivity index is 2.29. The van der Waals surface area contributed by atoms with E-state index >= 15 is 0 Å². The molecule has 104 valence electrons. The summed E-state index contributed by atoms with van der Waals surface area (Å²) in [6.07, 6.45) is 1.78. The number of ether oxygens (including phenoxy) is 1. The maximum absolute atomic E-state index is 11.5. The molecule has 0 radical (unpaired) electrons. The largest absolute Gasteiger partial charge is 0.497 e. The smallest absolute Gasteiger partial charge is 0.325 e. The van der Waals surface area contributed by atoms with Crippen LogP contribution in [0.15, 0.2) is 24.3 Å². The van der Waals surface area contributed by atoms with Crippen LogP contribution in [0, 0.1) is 0 Å². The molecule has 0 saturated heterocycles. The van der Waals surface area contributed by atoms with E-state index < -0.39 is 12.0 Å². The Morgan fingerprint density at radius 2 is 1.95 bits per heavy atom. The van der Waals surface area contributed by atoms with E-state index in [1.54, 1.807) is 7.11 Å². The molecule has 2 N–H and O–H groups in total. The number of benzene rings is 1. The monoisotopic (exact) mass is 265 g/mol. The molecule has 0 bridgehead atoms. The van der Waals surface area contributed by atoms with Gasteiger partial charge in [-0.2, -0.15) is 0 Å². The Morgan fingerprint density at radius 1 is 1.32 bits per heavy atom. The number of carbonyl (C=O) groups is 2. The van der Waals surface area contributed by atoms with Crippen molar-refractivity contribution in [2.75, 3.05) is 7.11 Å². The van der Waals surface area contributed by atoms with Gasteiger partial charge in [-0.25, -0.2) is 0 Å². The van der Waals surface area contributed by atoms with Gasteiger partial charge >= 0.3 is 5.97 Å². The second-order valence-corrected chi connectivity index (χ2v) is 4.33. The Morgan fingerprint density at radius 3 is 2.47 bits per heavy atom. The van der Waals surface area contributed by atoms with Crippen molar-refractivity contribution < 1.29 is 19.4 Å². The molecule has 0 saturated carbocycles. The molecule has 1 aromatic carbocycles. The van der Waals surface area contributed by atoms with Gasteiger partial charge in [-0.15, -0.1) is 0 Å². The Labute approximate surface area is 112 Å². The summed E-state index contributed by atoms with van der Waals surface area (Å²) in [6, 6.07) is 6.82. The Hall–Kier alpha value is -2.04. The van der Waals surface area contributed by atoms with Crippen molar-refractivity contribution in [3.63, 3.8) is 0 Å². The molecule has 0 spiro atoms. The maximum Gasteiger partial charge on any atom is 0.325 e. The zero-order chi connectivity index (χ0) is 14.3. The quantitative estimate of drug-likeness (QED) is 0.785. The zero-order valence-electron chi connectivity index (χ0n) is 11.2.